The molecule has 0 radical (unpaired) electrons. The second-order valence-electron chi connectivity index (χ2n) is 6.66. The molecular weight excluding hydrogens is 406 g/mol. The van der Waals surface area contributed by atoms with Gasteiger partial charge in [-0.15, -0.1) is 0 Å². The van der Waals surface area contributed by atoms with Crippen molar-refractivity contribution in [1.82, 2.24) is 16.2 Å². The van der Waals surface area contributed by atoms with E-state index in [0.717, 1.165) is 0 Å². The standard InChI is InChI=1S/C21H23N3O5S/c1-13(2)12-29-17-10-8-15(9-11-17)19(26)23-24-21(30)22-18(25)14-4-6-16(7-5-14)20(27)28-3/h4-11,13H,12H2,1-3H3,(H,23,26)(H2,22,24,25,30). The summed E-state index contributed by atoms with van der Waals surface area (Å²) >= 11 is 5.01. The molecule has 0 spiro atoms. The first-order chi connectivity index (χ1) is 14.3. The molecule has 2 amide bonds. The van der Waals surface area contributed by atoms with Crippen molar-refractivity contribution in [1.29, 1.82) is 0 Å². The Morgan fingerprint density at radius 1 is 0.867 bits per heavy atom. The van der Waals surface area contributed by atoms with Gasteiger partial charge in [0, 0.05) is 11.1 Å². The number of hydrogen-bond acceptors (Lipinski definition) is 6. The number of carbonyl (C=O) groups is 3. The molecule has 30 heavy (non-hydrogen) atoms. The van der Waals surface area contributed by atoms with Crippen molar-refractivity contribution >= 4 is 35.1 Å². The third-order valence-electron chi connectivity index (χ3n) is 3.78. The van der Waals surface area contributed by atoms with Crippen molar-refractivity contribution in [3.05, 3.63) is 65.2 Å². The molecule has 158 valence electrons. The van der Waals surface area contributed by atoms with Crippen molar-refractivity contribution in [2.45, 2.75) is 13.8 Å². The minimum atomic E-state index is -0.499. The fourth-order valence-electron chi connectivity index (χ4n) is 2.23. The van der Waals surface area contributed by atoms with Gasteiger partial charge in [0.15, 0.2) is 5.11 Å². The first-order valence-electron chi connectivity index (χ1n) is 9.13. The molecule has 0 aliphatic heterocycles. The van der Waals surface area contributed by atoms with E-state index in [1.54, 1.807) is 24.3 Å². The number of hydrogen-bond donors (Lipinski definition) is 3. The Morgan fingerprint density at radius 2 is 1.40 bits per heavy atom. The molecule has 2 aromatic rings. The largest absolute Gasteiger partial charge is 0.493 e. The summed E-state index contributed by atoms with van der Waals surface area (Å²) in [4.78, 5) is 35.8. The van der Waals surface area contributed by atoms with Crippen LogP contribution in [0.1, 0.15) is 44.9 Å². The van der Waals surface area contributed by atoms with Gasteiger partial charge in [-0.2, -0.15) is 0 Å². The summed E-state index contributed by atoms with van der Waals surface area (Å²) in [7, 11) is 1.27. The van der Waals surface area contributed by atoms with Gasteiger partial charge < -0.3 is 9.47 Å². The van der Waals surface area contributed by atoms with Gasteiger partial charge in [-0.1, -0.05) is 13.8 Å². The van der Waals surface area contributed by atoms with Gasteiger partial charge in [0.2, 0.25) is 0 Å². The predicted octanol–water partition coefficient (Wildman–Crippen LogP) is 2.46. The van der Waals surface area contributed by atoms with E-state index in [0.29, 0.717) is 29.4 Å². The van der Waals surface area contributed by atoms with Crippen molar-refractivity contribution in [3.8, 4) is 5.75 Å². The van der Waals surface area contributed by atoms with E-state index in [1.807, 2.05) is 13.8 Å². The van der Waals surface area contributed by atoms with Crippen LogP contribution < -0.4 is 20.9 Å². The number of carbonyl (C=O) groups excluding carboxylic acids is 3. The number of amides is 2. The maximum atomic E-state index is 12.2. The minimum Gasteiger partial charge on any atom is -0.493 e. The second kappa shape index (κ2) is 10.9. The fraction of sp³-hybridized carbons (Fsp3) is 0.238. The summed E-state index contributed by atoms with van der Waals surface area (Å²) in [5.74, 6) is -0.343. The van der Waals surface area contributed by atoms with Gasteiger partial charge in [-0.25, -0.2) is 4.79 Å². The van der Waals surface area contributed by atoms with Crippen LogP contribution in [0.4, 0.5) is 0 Å². The van der Waals surface area contributed by atoms with Crippen LogP contribution in [0.2, 0.25) is 0 Å². The van der Waals surface area contributed by atoms with Crippen LogP contribution in [-0.4, -0.2) is 36.6 Å². The molecule has 8 nitrogen and oxygen atoms in total. The van der Waals surface area contributed by atoms with Crippen LogP contribution in [0.15, 0.2) is 48.5 Å². The molecule has 0 fully saturated rings. The van der Waals surface area contributed by atoms with Gasteiger partial charge in [0.25, 0.3) is 11.8 Å². The minimum absolute atomic E-state index is 0.0812. The Balaban J connectivity index is 1.82. The summed E-state index contributed by atoms with van der Waals surface area (Å²) in [6.45, 7) is 4.69. The lowest BCUT2D eigenvalue weighted by atomic mass is 10.1. The van der Waals surface area contributed by atoms with E-state index in [2.05, 4.69) is 20.9 Å². The van der Waals surface area contributed by atoms with Gasteiger partial charge in [0.1, 0.15) is 5.75 Å². The van der Waals surface area contributed by atoms with E-state index < -0.39 is 17.8 Å². The molecule has 2 aromatic carbocycles. The summed E-state index contributed by atoms with van der Waals surface area (Å²) < 4.78 is 10.2. The zero-order valence-corrected chi connectivity index (χ0v) is 17.7. The van der Waals surface area contributed by atoms with Crippen molar-refractivity contribution in [3.63, 3.8) is 0 Å². The topological polar surface area (TPSA) is 106 Å². The summed E-state index contributed by atoms with van der Waals surface area (Å²) in [6.07, 6.45) is 0. The Kier molecular flexibility index (Phi) is 8.30. The molecule has 0 aliphatic carbocycles. The fourth-order valence-corrected chi connectivity index (χ4v) is 2.38. The average molecular weight is 429 g/mol. The first-order valence-corrected chi connectivity index (χ1v) is 9.54. The third kappa shape index (κ3) is 6.85. The highest BCUT2D eigenvalue weighted by molar-refractivity contribution is 7.80. The van der Waals surface area contributed by atoms with Crippen LogP contribution in [0, 0.1) is 5.92 Å². The number of methoxy groups -OCH3 is 1. The summed E-state index contributed by atoms with van der Waals surface area (Å²) in [6, 6.07) is 12.5. The van der Waals surface area contributed by atoms with Crippen LogP contribution in [-0.2, 0) is 4.74 Å². The molecule has 0 saturated heterocycles. The highest BCUT2D eigenvalue weighted by Crippen LogP contribution is 2.13. The van der Waals surface area contributed by atoms with Crippen molar-refractivity contribution in [2.75, 3.05) is 13.7 Å². The number of esters is 1. The number of rotatable bonds is 6. The van der Waals surface area contributed by atoms with E-state index >= 15 is 0 Å². The molecule has 2 rings (SSSR count). The molecule has 0 bridgehead atoms. The number of nitrogens with one attached hydrogen (secondary N) is 3. The predicted molar refractivity (Wildman–Crippen MR) is 115 cm³/mol. The van der Waals surface area contributed by atoms with Crippen LogP contribution in [0.3, 0.4) is 0 Å². The Hall–Kier alpha value is -3.46. The van der Waals surface area contributed by atoms with Gasteiger partial charge in [-0.3, -0.25) is 25.8 Å². The number of benzene rings is 2. The van der Waals surface area contributed by atoms with Gasteiger partial charge in [-0.05, 0) is 66.7 Å². The van der Waals surface area contributed by atoms with Crippen LogP contribution >= 0.6 is 12.2 Å². The molecule has 0 atom stereocenters. The lowest BCUT2D eigenvalue weighted by Crippen LogP contribution is -2.48. The average Bonchev–Trinajstić information content (AvgIpc) is 2.75. The maximum Gasteiger partial charge on any atom is 0.337 e. The molecule has 3 N–H and O–H groups in total. The molecule has 0 saturated carbocycles. The normalized spacial score (nSPS) is 10.1. The number of thiocarbonyl (C=S) groups is 1. The Morgan fingerprint density at radius 3 is 1.97 bits per heavy atom. The quantitative estimate of drug-likeness (QED) is 0.368. The van der Waals surface area contributed by atoms with E-state index in [1.165, 1.54) is 31.4 Å². The lowest BCUT2D eigenvalue weighted by molar-refractivity contribution is 0.0600. The van der Waals surface area contributed by atoms with Gasteiger partial charge >= 0.3 is 5.97 Å². The number of ether oxygens (including phenoxy) is 2. The smallest absolute Gasteiger partial charge is 0.337 e. The zero-order valence-electron chi connectivity index (χ0n) is 16.9. The Bertz CT molecular complexity index is 911. The van der Waals surface area contributed by atoms with Crippen molar-refractivity contribution < 1.29 is 23.9 Å². The van der Waals surface area contributed by atoms with Gasteiger partial charge in [0.05, 0.1) is 19.3 Å². The second-order valence-corrected chi connectivity index (χ2v) is 7.07. The summed E-state index contributed by atoms with van der Waals surface area (Å²) in [5, 5.41) is 2.35. The number of hydrazine groups is 1. The molecule has 0 heterocycles. The zero-order chi connectivity index (χ0) is 22.1. The monoisotopic (exact) mass is 429 g/mol. The first kappa shape index (κ1) is 22.8. The van der Waals surface area contributed by atoms with Crippen LogP contribution in [0.5, 0.6) is 5.75 Å². The van der Waals surface area contributed by atoms with Crippen LogP contribution in [0.25, 0.3) is 0 Å². The molecule has 0 aromatic heterocycles. The lowest BCUT2D eigenvalue weighted by Gasteiger charge is -2.12. The highest BCUT2D eigenvalue weighted by atomic mass is 32.1. The SMILES string of the molecule is COC(=O)c1ccc(C(=O)NC(=S)NNC(=O)c2ccc(OCC(C)C)cc2)cc1. The Labute approximate surface area is 179 Å². The van der Waals surface area contributed by atoms with Crippen molar-refractivity contribution in [2.24, 2.45) is 5.92 Å². The molecular formula is C21H23N3O5S. The molecule has 9 heteroatoms. The molecule has 0 aliphatic rings. The van der Waals surface area contributed by atoms with E-state index in [9.17, 15) is 14.4 Å². The molecule has 0 unspecified atom stereocenters. The van der Waals surface area contributed by atoms with E-state index in [4.69, 9.17) is 17.0 Å². The third-order valence-corrected chi connectivity index (χ3v) is 3.99. The summed E-state index contributed by atoms with van der Waals surface area (Å²) in [5.41, 5.74) is 5.88. The maximum absolute atomic E-state index is 12.2. The highest BCUT2D eigenvalue weighted by Gasteiger charge is 2.11. The van der Waals surface area contributed by atoms with E-state index in [-0.39, 0.29) is 10.7 Å².